The number of carbonyl (C=O) groups excluding carboxylic acids is 1. The molecule has 3 N–H and O–H groups in total. The minimum atomic E-state index is -3.93. The molecule has 6 nitrogen and oxygen atoms in total. The fraction of sp³-hybridized carbons (Fsp3) is 0.500. The van der Waals surface area contributed by atoms with Crippen molar-refractivity contribution in [2.24, 2.45) is 11.1 Å². The van der Waals surface area contributed by atoms with E-state index in [2.05, 4.69) is 5.32 Å². The fourth-order valence-corrected chi connectivity index (χ4v) is 2.69. The minimum absolute atomic E-state index is 0.0565. The lowest BCUT2D eigenvalue weighted by Gasteiger charge is -2.15. The molecule has 0 radical (unpaired) electrons. The summed E-state index contributed by atoms with van der Waals surface area (Å²) in [5.41, 5.74) is 0.981. The van der Waals surface area contributed by atoms with Gasteiger partial charge in [-0.3, -0.25) is 4.79 Å². The molecule has 0 atom stereocenters. The topological polar surface area (TPSA) is 98.5 Å². The maximum atomic E-state index is 11.9. The van der Waals surface area contributed by atoms with E-state index in [0.717, 1.165) is 6.42 Å². The predicted molar refractivity (Wildman–Crippen MR) is 81.8 cm³/mol. The van der Waals surface area contributed by atoms with Gasteiger partial charge in [0.25, 0.3) is 0 Å². The molecule has 0 saturated heterocycles. The van der Waals surface area contributed by atoms with Crippen LogP contribution in [0.3, 0.4) is 0 Å². The van der Waals surface area contributed by atoms with Crippen molar-refractivity contribution in [2.75, 3.05) is 12.4 Å². The number of benzene rings is 1. The van der Waals surface area contributed by atoms with Crippen molar-refractivity contribution in [3.8, 4) is 5.75 Å². The molecule has 0 unspecified atom stereocenters. The van der Waals surface area contributed by atoms with Crippen LogP contribution in [-0.2, 0) is 14.8 Å². The van der Waals surface area contributed by atoms with Crippen molar-refractivity contribution in [3.63, 3.8) is 0 Å². The third kappa shape index (κ3) is 5.02. The molecular weight excluding hydrogens is 292 g/mol. The summed E-state index contributed by atoms with van der Waals surface area (Å²) in [6, 6.07) is 3.07. The molecule has 0 aromatic heterocycles. The predicted octanol–water partition coefficient (Wildman–Crippen LogP) is 2.03. The van der Waals surface area contributed by atoms with E-state index in [9.17, 15) is 13.2 Å². The molecule has 0 aliphatic heterocycles. The number of primary sulfonamides is 1. The Morgan fingerprint density at radius 2 is 2.00 bits per heavy atom. The second-order valence-corrected chi connectivity index (χ2v) is 6.90. The van der Waals surface area contributed by atoms with Gasteiger partial charge in [-0.15, -0.1) is 0 Å². The van der Waals surface area contributed by atoms with E-state index in [0.29, 0.717) is 23.6 Å². The fourth-order valence-electron chi connectivity index (χ4n) is 1.89. The van der Waals surface area contributed by atoms with Gasteiger partial charge in [0, 0.05) is 6.42 Å². The van der Waals surface area contributed by atoms with Crippen molar-refractivity contribution < 1.29 is 17.9 Å². The first kappa shape index (κ1) is 17.5. The lowest BCUT2D eigenvalue weighted by Crippen LogP contribution is -2.17. The van der Waals surface area contributed by atoms with Crippen LogP contribution >= 0.6 is 0 Å². The monoisotopic (exact) mass is 314 g/mol. The number of amides is 1. The van der Waals surface area contributed by atoms with E-state index in [-0.39, 0.29) is 16.6 Å². The summed E-state index contributed by atoms with van der Waals surface area (Å²) in [7, 11) is -2.59. The normalized spacial score (nSPS) is 11.5. The Hall–Kier alpha value is -1.60. The molecule has 1 amide bonds. The highest BCUT2D eigenvalue weighted by Gasteiger charge is 2.20. The average Bonchev–Trinajstić information content (AvgIpc) is 2.34. The molecule has 0 bridgehead atoms. The summed E-state index contributed by atoms with van der Waals surface area (Å²) in [5, 5.41) is 7.87. The van der Waals surface area contributed by atoms with Crippen LogP contribution in [0.25, 0.3) is 0 Å². The number of nitrogens with two attached hydrogens (primary N) is 1. The van der Waals surface area contributed by atoms with E-state index in [1.54, 1.807) is 13.0 Å². The van der Waals surface area contributed by atoms with E-state index >= 15 is 0 Å². The molecule has 1 aromatic carbocycles. The zero-order valence-corrected chi connectivity index (χ0v) is 13.6. The van der Waals surface area contributed by atoms with E-state index in [1.807, 2.05) is 13.8 Å². The number of aryl methyl sites for hydroxylation is 1. The summed E-state index contributed by atoms with van der Waals surface area (Å²) < 4.78 is 28.3. The van der Waals surface area contributed by atoms with Crippen molar-refractivity contribution in [1.29, 1.82) is 0 Å². The Kier molecular flexibility index (Phi) is 5.74. The standard InChI is InChI=1S/C14H22N2O4S/c1-9(2)5-6-13(17)16-11-7-10(3)8-12(14(11)20-4)21(15,18)19/h7-9H,5-6H2,1-4H3,(H,16,17)(H2,15,18,19). The van der Waals surface area contributed by atoms with Crippen LogP contribution in [-0.4, -0.2) is 21.4 Å². The van der Waals surface area contributed by atoms with Gasteiger partial charge in [0.15, 0.2) is 5.75 Å². The van der Waals surface area contributed by atoms with Crippen LogP contribution in [0.15, 0.2) is 17.0 Å². The summed E-state index contributed by atoms with van der Waals surface area (Å²) in [6.45, 7) is 5.77. The highest BCUT2D eigenvalue weighted by molar-refractivity contribution is 7.89. The number of ether oxygens (including phenoxy) is 1. The van der Waals surface area contributed by atoms with Gasteiger partial charge in [-0.2, -0.15) is 0 Å². The third-order valence-corrected chi connectivity index (χ3v) is 3.85. The van der Waals surface area contributed by atoms with Gasteiger partial charge in [0.1, 0.15) is 4.90 Å². The molecule has 1 aromatic rings. The smallest absolute Gasteiger partial charge is 0.241 e. The van der Waals surface area contributed by atoms with Crippen LogP contribution < -0.4 is 15.2 Å². The molecule has 0 spiro atoms. The lowest BCUT2D eigenvalue weighted by atomic mass is 10.1. The molecule has 118 valence electrons. The molecule has 0 aliphatic carbocycles. The largest absolute Gasteiger partial charge is 0.493 e. The van der Waals surface area contributed by atoms with Gasteiger partial charge in [0.05, 0.1) is 12.8 Å². The van der Waals surface area contributed by atoms with Gasteiger partial charge < -0.3 is 10.1 Å². The Bertz CT molecular complexity index is 624. The third-order valence-electron chi connectivity index (χ3n) is 2.93. The van der Waals surface area contributed by atoms with E-state index in [4.69, 9.17) is 9.88 Å². The maximum Gasteiger partial charge on any atom is 0.241 e. The van der Waals surface area contributed by atoms with Crippen LogP contribution in [0.2, 0.25) is 0 Å². The Morgan fingerprint density at radius 3 is 2.48 bits per heavy atom. The average molecular weight is 314 g/mol. The van der Waals surface area contributed by atoms with Gasteiger partial charge in [-0.1, -0.05) is 13.8 Å². The number of methoxy groups -OCH3 is 1. The molecule has 21 heavy (non-hydrogen) atoms. The van der Waals surface area contributed by atoms with Gasteiger partial charge in [0.2, 0.25) is 15.9 Å². The van der Waals surface area contributed by atoms with Crippen molar-refractivity contribution >= 4 is 21.6 Å². The van der Waals surface area contributed by atoms with E-state index in [1.165, 1.54) is 13.2 Å². The second-order valence-electron chi connectivity index (χ2n) is 5.37. The Labute approximate surface area is 125 Å². The van der Waals surface area contributed by atoms with Gasteiger partial charge in [-0.05, 0) is 37.0 Å². The first-order chi connectivity index (χ1) is 9.65. The lowest BCUT2D eigenvalue weighted by molar-refractivity contribution is -0.116. The molecule has 7 heteroatoms. The first-order valence-electron chi connectivity index (χ1n) is 6.66. The SMILES string of the molecule is COc1c(NC(=O)CCC(C)C)cc(C)cc1S(N)(=O)=O. The Balaban J connectivity index is 3.13. The number of anilines is 1. The number of hydrogen-bond donors (Lipinski definition) is 2. The molecule has 0 fully saturated rings. The first-order valence-corrected chi connectivity index (χ1v) is 8.21. The van der Waals surface area contributed by atoms with Crippen molar-refractivity contribution in [2.45, 2.75) is 38.5 Å². The van der Waals surface area contributed by atoms with Gasteiger partial charge in [-0.25, -0.2) is 13.6 Å². The summed E-state index contributed by atoms with van der Waals surface area (Å²) in [6.07, 6.45) is 1.11. The van der Waals surface area contributed by atoms with Crippen LogP contribution in [0.1, 0.15) is 32.3 Å². The minimum Gasteiger partial charge on any atom is -0.493 e. The highest BCUT2D eigenvalue weighted by atomic mass is 32.2. The molecule has 0 saturated carbocycles. The number of nitrogens with one attached hydrogen (secondary N) is 1. The molecule has 0 heterocycles. The molecule has 1 rings (SSSR count). The van der Waals surface area contributed by atoms with Crippen LogP contribution in [0.5, 0.6) is 5.75 Å². The number of hydrogen-bond acceptors (Lipinski definition) is 4. The molecule has 0 aliphatic rings. The maximum absolute atomic E-state index is 11.9. The zero-order chi connectivity index (χ0) is 16.2. The zero-order valence-electron chi connectivity index (χ0n) is 12.8. The van der Waals surface area contributed by atoms with Crippen LogP contribution in [0, 0.1) is 12.8 Å². The summed E-state index contributed by atoms with van der Waals surface area (Å²) in [4.78, 5) is 11.8. The second kappa shape index (κ2) is 6.91. The quantitative estimate of drug-likeness (QED) is 0.839. The number of carbonyl (C=O) groups is 1. The van der Waals surface area contributed by atoms with Crippen molar-refractivity contribution in [3.05, 3.63) is 17.7 Å². The number of rotatable bonds is 6. The number of sulfonamides is 1. The van der Waals surface area contributed by atoms with Crippen molar-refractivity contribution in [1.82, 2.24) is 0 Å². The summed E-state index contributed by atoms with van der Waals surface area (Å²) >= 11 is 0. The van der Waals surface area contributed by atoms with E-state index < -0.39 is 10.0 Å². The molecular formula is C14H22N2O4S. The van der Waals surface area contributed by atoms with Gasteiger partial charge >= 0.3 is 0 Å². The highest BCUT2D eigenvalue weighted by Crippen LogP contribution is 2.33. The van der Waals surface area contributed by atoms with Crippen LogP contribution in [0.4, 0.5) is 5.69 Å². The summed E-state index contributed by atoms with van der Waals surface area (Å²) in [5.74, 6) is 0.282. The Morgan fingerprint density at radius 1 is 1.38 bits per heavy atom.